The maximum Gasteiger partial charge on any atom is 0.0642 e. The van der Waals surface area contributed by atoms with E-state index in [0.717, 1.165) is 39.1 Å². The van der Waals surface area contributed by atoms with Gasteiger partial charge >= 0.3 is 0 Å². The summed E-state index contributed by atoms with van der Waals surface area (Å²) in [4.78, 5) is 2.37. The van der Waals surface area contributed by atoms with Crippen LogP contribution < -0.4 is 10.6 Å². The Bertz CT molecular complexity index is 329. The Balaban J connectivity index is 1.92. The summed E-state index contributed by atoms with van der Waals surface area (Å²) < 4.78 is 5.35. The molecule has 0 radical (unpaired) electrons. The smallest absolute Gasteiger partial charge is 0.0642 e. The molecule has 1 saturated heterocycles. The minimum Gasteiger partial charge on any atom is -0.378 e. The lowest BCUT2D eigenvalue weighted by atomic mass is 10.1. The van der Waals surface area contributed by atoms with Gasteiger partial charge in [-0.05, 0) is 37.5 Å². The molecule has 94 valence electrons. The molecule has 0 aliphatic carbocycles. The molecule has 1 aliphatic rings. The summed E-state index contributed by atoms with van der Waals surface area (Å²) >= 11 is 0. The molecular formula is C14H22N2O. The number of nitrogens with two attached hydrogens (primary N) is 1. The number of rotatable bonds is 4. The summed E-state index contributed by atoms with van der Waals surface area (Å²) in [6, 6.07) is 9.14. The molecule has 1 aromatic carbocycles. The molecule has 2 rings (SSSR count). The van der Waals surface area contributed by atoms with Gasteiger partial charge in [0.2, 0.25) is 0 Å². The topological polar surface area (TPSA) is 38.5 Å². The van der Waals surface area contributed by atoms with Gasteiger partial charge in [-0.25, -0.2) is 0 Å². The van der Waals surface area contributed by atoms with Crippen molar-refractivity contribution in [1.82, 2.24) is 0 Å². The molecule has 0 amide bonds. The van der Waals surface area contributed by atoms with E-state index in [1.165, 1.54) is 11.3 Å². The first-order chi connectivity index (χ1) is 8.25. The van der Waals surface area contributed by atoms with E-state index in [9.17, 15) is 0 Å². The number of hydrogen-bond acceptors (Lipinski definition) is 3. The van der Waals surface area contributed by atoms with E-state index in [1.807, 2.05) is 0 Å². The van der Waals surface area contributed by atoms with Crippen molar-refractivity contribution >= 4 is 5.69 Å². The third kappa shape index (κ3) is 3.72. The fraction of sp³-hybridized carbons (Fsp3) is 0.571. The zero-order valence-corrected chi connectivity index (χ0v) is 10.6. The first kappa shape index (κ1) is 12.4. The Morgan fingerprint density at radius 3 is 2.47 bits per heavy atom. The van der Waals surface area contributed by atoms with Gasteiger partial charge in [0.1, 0.15) is 0 Å². The average Bonchev–Trinajstić information content (AvgIpc) is 2.38. The number of anilines is 1. The van der Waals surface area contributed by atoms with Gasteiger partial charge in [-0.2, -0.15) is 0 Å². The molecule has 0 aromatic heterocycles. The van der Waals surface area contributed by atoms with Gasteiger partial charge in [-0.3, -0.25) is 0 Å². The molecule has 0 spiro atoms. The number of nitrogens with zero attached hydrogens (tertiary/aromatic N) is 1. The van der Waals surface area contributed by atoms with Crippen LogP contribution in [0.1, 0.15) is 18.9 Å². The van der Waals surface area contributed by atoms with Crippen LogP contribution in [0.4, 0.5) is 5.69 Å². The highest BCUT2D eigenvalue weighted by Crippen LogP contribution is 2.17. The number of aryl methyl sites for hydroxylation is 1. The summed E-state index contributed by atoms with van der Waals surface area (Å²) in [5.74, 6) is 0. The molecule has 3 nitrogen and oxygen atoms in total. The predicted molar refractivity (Wildman–Crippen MR) is 71.4 cm³/mol. The van der Waals surface area contributed by atoms with Crippen LogP contribution in [-0.2, 0) is 11.2 Å². The average molecular weight is 234 g/mol. The molecule has 1 atom stereocenters. The SMILES string of the molecule is C[C@H](N)CCc1ccc(N2CCOCC2)cc1. The molecule has 0 saturated carbocycles. The summed E-state index contributed by atoms with van der Waals surface area (Å²) in [7, 11) is 0. The van der Waals surface area contributed by atoms with Crippen LogP contribution in [0.5, 0.6) is 0 Å². The van der Waals surface area contributed by atoms with Crippen molar-refractivity contribution in [2.24, 2.45) is 5.73 Å². The minimum atomic E-state index is 0.286. The maximum atomic E-state index is 5.76. The Kier molecular flexibility index (Phi) is 4.40. The molecule has 3 heteroatoms. The number of hydrogen-bond donors (Lipinski definition) is 1. The zero-order valence-electron chi connectivity index (χ0n) is 10.6. The Hall–Kier alpha value is -1.06. The highest BCUT2D eigenvalue weighted by molar-refractivity contribution is 5.47. The van der Waals surface area contributed by atoms with E-state index in [4.69, 9.17) is 10.5 Å². The Labute approximate surface area is 104 Å². The molecule has 1 fully saturated rings. The number of benzene rings is 1. The van der Waals surface area contributed by atoms with Gasteiger partial charge in [0.25, 0.3) is 0 Å². The van der Waals surface area contributed by atoms with Crippen LogP contribution >= 0.6 is 0 Å². The van der Waals surface area contributed by atoms with Gasteiger partial charge in [-0.15, -0.1) is 0 Å². The molecule has 2 N–H and O–H groups in total. The lowest BCUT2D eigenvalue weighted by Gasteiger charge is -2.28. The second kappa shape index (κ2) is 6.03. The van der Waals surface area contributed by atoms with Crippen molar-refractivity contribution in [2.75, 3.05) is 31.2 Å². The van der Waals surface area contributed by atoms with E-state index in [2.05, 4.69) is 36.1 Å². The molecule has 17 heavy (non-hydrogen) atoms. The standard InChI is InChI=1S/C14H22N2O/c1-12(15)2-3-13-4-6-14(7-5-13)16-8-10-17-11-9-16/h4-7,12H,2-3,8-11,15H2,1H3/t12-/m0/s1. The fourth-order valence-corrected chi connectivity index (χ4v) is 2.09. The van der Waals surface area contributed by atoms with Crippen LogP contribution in [0.25, 0.3) is 0 Å². The van der Waals surface area contributed by atoms with Crippen molar-refractivity contribution in [3.05, 3.63) is 29.8 Å². The van der Waals surface area contributed by atoms with Crippen LogP contribution in [0, 0.1) is 0 Å². The highest BCUT2D eigenvalue weighted by atomic mass is 16.5. The van der Waals surface area contributed by atoms with Crippen LogP contribution in [0.15, 0.2) is 24.3 Å². The zero-order chi connectivity index (χ0) is 12.1. The van der Waals surface area contributed by atoms with Gasteiger partial charge in [0.15, 0.2) is 0 Å². The second-order valence-electron chi connectivity index (χ2n) is 4.78. The van der Waals surface area contributed by atoms with Gasteiger partial charge in [0, 0.05) is 24.8 Å². The molecule has 1 heterocycles. The van der Waals surface area contributed by atoms with E-state index in [1.54, 1.807) is 0 Å². The monoisotopic (exact) mass is 234 g/mol. The van der Waals surface area contributed by atoms with E-state index >= 15 is 0 Å². The minimum absolute atomic E-state index is 0.286. The lowest BCUT2D eigenvalue weighted by molar-refractivity contribution is 0.122. The molecule has 0 unspecified atom stereocenters. The molecular weight excluding hydrogens is 212 g/mol. The summed E-state index contributed by atoms with van der Waals surface area (Å²) in [6.07, 6.45) is 2.12. The van der Waals surface area contributed by atoms with Crippen molar-refractivity contribution in [3.63, 3.8) is 0 Å². The predicted octanol–water partition coefficient (Wildman–Crippen LogP) is 1.80. The second-order valence-corrected chi connectivity index (χ2v) is 4.78. The van der Waals surface area contributed by atoms with Crippen LogP contribution in [0.2, 0.25) is 0 Å². The van der Waals surface area contributed by atoms with Crippen molar-refractivity contribution in [1.29, 1.82) is 0 Å². The summed E-state index contributed by atoms with van der Waals surface area (Å²) in [6.45, 7) is 5.74. The Morgan fingerprint density at radius 2 is 1.88 bits per heavy atom. The van der Waals surface area contributed by atoms with Gasteiger partial charge in [0.05, 0.1) is 13.2 Å². The largest absolute Gasteiger partial charge is 0.378 e. The highest BCUT2D eigenvalue weighted by Gasteiger charge is 2.10. The normalized spacial score (nSPS) is 18.1. The van der Waals surface area contributed by atoms with E-state index in [-0.39, 0.29) is 6.04 Å². The fourth-order valence-electron chi connectivity index (χ4n) is 2.09. The molecule has 0 bridgehead atoms. The summed E-state index contributed by atoms with van der Waals surface area (Å²) in [5, 5.41) is 0. The number of morpholine rings is 1. The van der Waals surface area contributed by atoms with Crippen LogP contribution in [0.3, 0.4) is 0 Å². The summed E-state index contributed by atoms with van der Waals surface area (Å²) in [5.41, 5.74) is 8.44. The van der Waals surface area contributed by atoms with E-state index in [0.29, 0.717) is 0 Å². The van der Waals surface area contributed by atoms with Crippen molar-refractivity contribution < 1.29 is 4.74 Å². The maximum absolute atomic E-state index is 5.76. The molecule has 1 aliphatic heterocycles. The first-order valence-electron chi connectivity index (χ1n) is 6.43. The van der Waals surface area contributed by atoms with Crippen molar-refractivity contribution in [3.8, 4) is 0 Å². The lowest BCUT2D eigenvalue weighted by Crippen LogP contribution is -2.36. The Morgan fingerprint density at radius 1 is 1.24 bits per heavy atom. The van der Waals surface area contributed by atoms with Crippen molar-refractivity contribution in [2.45, 2.75) is 25.8 Å². The number of ether oxygens (including phenoxy) is 1. The van der Waals surface area contributed by atoms with Gasteiger partial charge < -0.3 is 15.4 Å². The quantitative estimate of drug-likeness (QED) is 0.863. The third-order valence-electron chi connectivity index (χ3n) is 3.20. The van der Waals surface area contributed by atoms with Gasteiger partial charge in [-0.1, -0.05) is 12.1 Å². The molecule has 1 aromatic rings. The first-order valence-corrected chi connectivity index (χ1v) is 6.43. The third-order valence-corrected chi connectivity index (χ3v) is 3.20. The van der Waals surface area contributed by atoms with Crippen LogP contribution in [-0.4, -0.2) is 32.3 Å². The van der Waals surface area contributed by atoms with E-state index < -0.39 is 0 Å².